The van der Waals surface area contributed by atoms with Crippen molar-refractivity contribution < 1.29 is 14.6 Å². The number of carbonyl (C=O) groups excluding carboxylic acids is 1. The van der Waals surface area contributed by atoms with E-state index in [1.165, 1.54) is 0 Å². The van der Waals surface area contributed by atoms with Gasteiger partial charge in [0, 0.05) is 19.1 Å². The number of nitrogens with zero attached hydrogens (tertiary/aromatic N) is 1. The molecule has 1 aliphatic heterocycles. The van der Waals surface area contributed by atoms with Crippen LogP contribution in [0.3, 0.4) is 0 Å². The third-order valence-corrected chi connectivity index (χ3v) is 3.72. The van der Waals surface area contributed by atoms with Gasteiger partial charge in [0.15, 0.2) is 0 Å². The largest absolute Gasteiger partial charge is 0.444 e. The summed E-state index contributed by atoms with van der Waals surface area (Å²) in [5.41, 5.74) is -0.425. The minimum absolute atomic E-state index is 0.198. The van der Waals surface area contributed by atoms with Crippen LogP contribution in [0.15, 0.2) is 0 Å². The Morgan fingerprint density at radius 1 is 1.33 bits per heavy atom. The van der Waals surface area contributed by atoms with Gasteiger partial charge in [-0.2, -0.15) is 0 Å². The Morgan fingerprint density at radius 3 is 2.38 bits per heavy atom. The molecule has 21 heavy (non-hydrogen) atoms. The first kappa shape index (κ1) is 18.2. The highest BCUT2D eigenvalue weighted by molar-refractivity contribution is 5.68. The molecular weight excluding hydrogens is 268 g/mol. The second-order valence-electron chi connectivity index (χ2n) is 7.30. The zero-order chi connectivity index (χ0) is 16.0. The molecule has 5 nitrogen and oxygen atoms in total. The van der Waals surface area contributed by atoms with Gasteiger partial charge in [0.2, 0.25) is 0 Å². The number of carbonyl (C=O) groups is 1. The number of likely N-dealkylation sites (tertiary alicyclic amines) is 1. The van der Waals surface area contributed by atoms with Crippen molar-refractivity contribution in [3.05, 3.63) is 0 Å². The number of hydrogen-bond acceptors (Lipinski definition) is 4. The molecule has 0 aromatic heterocycles. The maximum Gasteiger partial charge on any atom is 0.410 e. The van der Waals surface area contributed by atoms with E-state index in [0.29, 0.717) is 12.0 Å². The van der Waals surface area contributed by atoms with Gasteiger partial charge in [0.25, 0.3) is 0 Å². The average Bonchev–Trinajstić information content (AvgIpc) is 2.34. The van der Waals surface area contributed by atoms with Crippen LogP contribution in [0, 0.1) is 5.92 Å². The van der Waals surface area contributed by atoms with E-state index in [1.54, 1.807) is 4.90 Å². The third-order valence-electron chi connectivity index (χ3n) is 3.72. The van der Waals surface area contributed by atoms with Gasteiger partial charge >= 0.3 is 6.09 Å². The van der Waals surface area contributed by atoms with Gasteiger partial charge in [-0.25, -0.2) is 4.79 Å². The first-order chi connectivity index (χ1) is 9.67. The number of piperidine rings is 1. The fourth-order valence-corrected chi connectivity index (χ4v) is 2.61. The second-order valence-corrected chi connectivity index (χ2v) is 7.30. The van der Waals surface area contributed by atoms with Crippen LogP contribution in [0.4, 0.5) is 4.79 Å². The standard InChI is InChI=1S/C16H32N2O3/c1-12(10-13(2)19)17-11-14-6-8-18(9-7-14)15(20)21-16(3,4)5/h12-14,17,19H,6-11H2,1-5H3. The molecule has 2 N–H and O–H groups in total. The lowest BCUT2D eigenvalue weighted by atomic mass is 9.96. The van der Waals surface area contributed by atoms with E-state index < -0.39 is 5.60 Å². The molecule has 5 heteroatoms. The summed E-state index contributed by atoms with van der Waals surface area (Å²) in [6.45, 7) is 12.1. The molecule has 0 aliphatic carbocycles. The van der Waals surface area contributed by atoms with E-state index >= 15 is 0 Å². The molecule has 1 amide bonds. The number of rotatable bonds is 5. The molecule has 0 saturated carbocycles. The topological polar surface area (TPSA) is 61.8 Å². The molecular formula is C16H32N2O3. The van der Waals surface area contributed by atoms with Crippen LogP contribution < -0.4 is 5.32 Å². The van der Waals surface area contributed by atoms with Gasteiger partial charge in [-0.15, -0.1) is 0 Å². The van der Waals surface area contributed by atoms with E-state index in [9.17, 15) is 9.90 Å². The molecule has 0 aromatic rings. The Morgan fingerprint density at radius 2 is 1.90 bits per heavy atom. The van der Waals surface area contributed by atoms with Gasteiger partial charge in [-0.3, -0.25) is 0 Å². The van der Waals surface area contributed by atoms with Crippen LogP contribution in [0.1, 0.15) is 53.9 Å². The summed E-state index contributed by atoms with van der Waals surface area (Å²) in [6, 6.07) is 0.328. The van der Waals surface area contributed by atoms with Gasteiger partial charge in [-0.1, -0.05) is 0 Å². The Bertz CT molecular complexity index is 318. The first-order valence-corrected chi connectivity index (χ1v) is 8.06. The maximum absolute atomic E-state index is 12.0. The smallest absolute Gasteiger partial charge is 0.410 e. The fourth-order valence-electron chi connectivity index (χ4n) is 2.61. The highest BCUT2D eigenvalue weighted by atomic mass is 16.6. The van der Waals surface area contributed by atoms with Crippen molar-refractivity contribution in [2.75, 3.05) is 19.6 Å². The Kier molecular flexibility index (Phi) is 6.94. The van der Waals surface area contributed by atoms with Crippen molar-refractivity contribution in [3.63, 3.8) is 0 Å². The summed E-state index contributed by atoms with van der Waals surface area (Å²) < 4.78 is 5.40. The summed E-state index contributed by atoms with van der Waals surface area (Å²) >= 11 is 0. The second kappa shape index (κ2) is 7.99. The molecule has 0 spiro atoms. The SMILES string of the molecule is CC(O)CC(C)NCC1CCN(C(=O)OC(C)(C)C)CC1. The summed E-state index contributed by atoms with van der Waals surface area (Å²) in [5, 5.41) is 12.8. The first-order valence-electron chi connectivity index (χ1n) is 8.06. The van der Waals surface area contributed by atoms with E-state index in [0.717, 1.165) is 38.9 Å². The van der Waals surface area contributed by atoms with Crippen LogP contribution in [-0.2, 0) is 4.74 Å². The molecule has 0 radical (unpaired) electrons. The van der Waals surface area contributed by atoms with Crippen molar-refractivity contribution in [1.29, 1.82) is 0 Å². The number of hydrogen-bond donors (Lipinski definition) is 2. The predicted octanol–water partition coefficient (Wildman–Crippen LogP) is 2.38. The molecule has 1 aliphatic rings. The summed E-state index contributed by atoms with van der Waals surface area (Å²) in [7, 11) is 0. The lowest BCUT2D eigenvalue weighted by Crippen LogP contribution is -2.44. The van der Waals surface area contributed by atoms with Crippen molar-refractivity contribution in [1.82, 2.24) is 10.2 Å². The maximum atomic E-state index is 12.0. The number of aliphatic hydroxyl groups is 1. The molecule has 124 valence electrons. The average molecular weight is 300 g/mol. The van der Waals surface area contributed by atoms with Gasteiger partial charge in [0.1, 0.15) is 5.60 Å². The Labute approximate surface area is 129 Å². The lowest BCUT2D eigenvalue weighted by Gasteiger charge is -2.34. The molecule has 0 aromatic carbocycles. The van der Waals surface area contributed by atoms with Crippen molar-refractivity contribution in [3.8, 4) is 0 Å². The fraction of sp³-hybridized carbons (Fsp3) is 0.938. The molecule has 0 bridgehead atoms. The quantitative estimate of drug-likeness (QED) is 0.818. The zero-order valence-electron chi connectivity index (χ0n) is 14.2. The molecule has 2 unspecified atom stereocenters. The van der Waals surface area contributed by atoms with E-state index in [1.807, 2.05) is 27.7 Å². The van der Waals surface area contributed by atoms with Crippen molar-refractivity contribution in [2.45, 2.75) is 71.6 Å². The molecule has 1 saturated heterocycles. The number of amides is 1. The van der Waals surface area contributed by atoms with Gasteiger partial charge < -0.3 is 20.1 Å². The summed E-state index contributed by atoms with van der Waals surface area (Å²) in [4.78, 5) is 13.8. The lowest BCUT2D eigenvalue weighted by molar-refractivity contribution is 0.0182. The zero-order valence-corrected chi connectivity index (χ0v) is 14.2. The predicted molar refractivity (Wildman–Crippen MR) is 84.3 cm³/mol. The van der Waals surface area contributed by atoms with Crippen LogP contribution in [0.2, 0.25) is 0 Å². The third kappa shape index (κ3) is 7.67. The van der Waals surface area contributed by atoms with Crippen molar-refractivity contribution >= 4 is 6.09 Å². The van der Waals surface area contributed by atoms with E-state index in [4.69, 9.17) is 4.74 Å². The number of aliphatic hydroxyl groups excluding tert-OH is 1. The summed E-state index contributed by atoms with van der Waals surface area (Å²) in [5.74, 6) is 0.597. The molecule has 1 fully saturated rings. The monoisotopic (exact) mass is 300 g/mol. The van der Waals surface area contributed by atoms with E-state index in [2.05, 4.69) is 12.2 Å². The number of ether oxygens (including phenoxy) is 1. The number of nitrogens with one attached hydrogen (secondary N) is 1. The van der Waals surface area contributed by atoms with Crippen LogP contribution >= 0.6 is 0 Å². The van der Waals surface area contributed by atoms with E-state index in [-0.39, 0.29) is 12.2 Å². The molecule has 2 atom stereocenters. The molecule has 1 heterocycles. The highest BCUT2D eigenvalue weighted by Gasteiger charge is 2.26. The van der Waals surface area contributed by atoms with Crippen LogP contribution in [0.5, 0.6) is 0 Å². The van der Waals surface area contributed by atoms with Gasteiger partial charge in [-0.05, 0) is 66.3 Å². The van der Waals surface area contributed by atoms with Gasteiger partial charge in [0.05, 0.1) is 6.10 Å². The van der Waals surface area contributed by atoms with Crippen LogP contribution in [0.25, 0.3) is 0 Å². The minimum atomic E-state index is -0.425. The highest BCUT2D eigenvalue weighted by Crippen LogP contribution is 2.19. The molecule has 1 rings (SSSR count). The van der Waals surface area contributed by atoms with Crippen LogP contribution in [-0.4, -0.2) is 53.5 Å². The Hall–Kier alpha value is -0.810. The normalized spacial score (nSPS) is 20.2. The minimum Gasteiger partial charge on any atom is -0.444 e. The summed E-state index contributed by atoms with van der Waals surface area (Å²) in [6.07, 6.45) is 2.33. The Balaban J connectivity index is 2.24. The van der Waals surface area contributed by atoms with Crippen molar-refractivity contribution in [2.24, 2.45) is 5.92 Å².